The molecule has 1 amide bonds. The Morgan fingerprint density at radius 1 is 1.46 bits per heavy atom. The van der Waals surface area contributed by atoms with Gasteiger partial charge in [-0.3, -0.25) is 4.79 Å². The van der Waals surface area contributed by atoms with Gasteiger partial charge in [-0.15, -0.1) is 0 Å². The molecule has 2 fully saturated rings. The van der Waals surface area contributed by atoms with Crippen molar-refractivity contribution in [3.05, 3.63) is 23.8 Å². The van der Waals surface area contributed by atoms with Crippen LogP contribution in [0.2, 0.25) is 0 Å². The lowest BCUT2D eigenvalue weighted by molar-refractivity contribution is -0.123. The first-order valence-electron chi connectivity index (χ1n) is 9.25. The highest BCUT2D eigenvalue weighted by molar-refractivity contribution is 6.09. The second-order valence-corrected chi connectivity index (χ2v) is 8.00. The first kappa shape index (κ1) is 17.5. The fourth-order valence-corrected chi connectivity index (χ4v) is 5.53. The average Bonchev–Trinajstić information content (AvgIpc) is 3.03. The number of aliphatic hydroxyl groups is 1. The number of hydrogen-bond acceptors (Lipinski definition) is 5. The molecule has 2 N–H and O–H groups in total. The molecule has 140 valence electrons. The number of rotatable bonds is 4. The molecule has 3 heterocycles. The minimum absolute atomic E-state index is 0.00919. The normalized spacial score (nSPS) is 35.1. The van der Waals surface area contributed by atoms with Crippen molar-refractivity contribution in [2.24, 2.45) is 11.8 Å². The lowest BCUT2D eigenvalue weighted by Crippen LogP contribution is -2.52. The number of nitrogens with zero attached hydrogens (tertiary/aromatic N) is 1. The first-order chi connectivity index (χ1) is 12.4. The zero-order valence-corrected chi connectivity index (χ0v) is 15.5. The van der Waals surface area contributed by atoms with Gasteiger partial charge in [-0.2, -0.15) is 0 Å². The Hall–Kier alpha value is -1.92. The number of ketones is 1. The van der Waals surface area contributed by atoms with Crippen molar-refractivity contribution in [1.29, 1.82) is 0 Å². The van der Waals surface area contributed by atoms with Crippen LogP contribution in [0.4, 0.5) is 5.69 Å². The molecule has 1 spiro atoms. The van der Waals surface area contributed by atoms with Gasteiger partial charge in [-0.1, -0.05) is 6.07 Å². The number of ether oxygens (including phenoxy) is 1. The Labute approximate surface area is 153 Å². The van der Waals surface area contributed by atoms with E-state index < -0.39 is 5.41 Å². The Morgan fingerprint density at radius 3 is 2.88 bits per heavy atom. The van der Waals surface area contributed by atoms with Crippen molar-refractivity contribution in [1.82, 2.24) is 5.32 Å². The van der Waals surface area contributed by atoms with Gasteiger partial charge in [-0.05, 0) is 37.3 Å². The number of aliphatic hydroxyl groups excluding tert-OH is 1. The van der Waals surface area contributed by atoms with Crippen LogP contribution in [0.25, 0.3) is 0 Å². The van der Waals surface area contributed by atoms with E-state index in [9.17, 15) is 14.7 Å². The van der Waals surface area contributed by atoms with Gasteiger partial charge < -0.3 is 24.9 Å². The Kier molecular flexibility index (Phi) is 4.08. The second kappa shape index (κ2) is 6.06. The lowest BCUT2D eigenvalue weighted by Gasteiger charge is -2.37. The van der Waals surface area contributed by atoms with E-state index >= 15 is 0 Å². The summed E-state index contributed by atoms with van der Waals surface area (Å²) < 4.78 is 5.33. The van der Waals surface area contributed by atoms with Gasteiger partial charge >= 0.3 is 0 Å². The summed E-state index contributed by atoms with van der Waals surface area (Å²) in [5.74, 6) is 1.10. The number of piperidine rings is 1. The third kappa shape index (κ3) is 2.25. The SMILES string of the molecule is COc1ccc2c(c1)N(C)C(=O)C21CC2NC1CC(CC(C)=O)C2CO. The zero-order chi connectivity index (χ0) is 18.6. The fraction of sp³-hybridized carbons (Fsp3) is 0.600. The number of Topliss-reactive ketones (excluding diaryl/α,β-unsaturated/α-hetero) is 1. The van der Waals surface area contributed by atoms with Crippen LogP contribution in [-0.4, -0.2) is 49.6 Å². The molecular formula is C20H26N2O4. The first-order valence-corrected chi connectivity index (χ1v) is 9.25. The van der Waals surface area contributed by atoms with Crippen molar-refractivity contribution < 1.29 is 19.4 Å². The third-order valence-corrected chi connectivity index (χ3v) is 6.71. The number of likely N-dealkylation sites (N-methyl/N-ethyl adjacent to an activating group) is 1. The number of amides is 1. The molecule has 6 heteroatoms. The van der Waals surface area contributed by atoms with Crippen LogP contribution in [0.3, 0.4) is 0 Å². The topological polar surface area (TPSA) is 78.9 Å². The van der Waals surface area contributed by atoms with Gasteiger partial charge in [0.2, 0.25) is 5.91 Å². The molecule has 0 radical (unpaired) electrons. The molecule has 3 aliphatic heterocycles. The number of carbonyl (C=O) groups excluding carboxylic acids is 2. The van der Waals surface area contributed by atoms with E-state index in [0.717, 1.165) is 23.4 Å². The van der Waals surface area contributed by atoms with E-state index in [1.165, 1.54) is 0 Å². The van der Waals surface area contributed by atoms with Gasteiger partial charge in [0, 0.05) is 44.1 Å². The van der Waals surface area contributed by atoms with Crippen molar-refractivity contribution in [2.75, 3.05) is 25.7 Å². The second-order valence-electron chi connectivity index (χ2n) is 8.00. The standard InChI is InChI=1S/C20H26N2O4/c1-11(24)6-12-7-18-20(9-16(21-18)14(12)10-23)15-5-4-13(26-3)8-17(15)22(2)19(20)25/h4-5,8,12,14,16,18,21,23H,6-7,9-10H2,1-3H3. The Bertz CT molecular complexity index is 764. The summed E-state index contributed by atoms with van der Waals surface area (Å²) >= 11 is 0. The van der Waals surface area contributed by atoms with Crippen LogP contribution in [0.5, 0.6) is 5.75 Å². The van der Waals surface area contributed by atoms with Gasteiger partial charge in [0.05, 0.1) is 18.2 Å². The highest BCUT2D eigenvalue weighted by Crippen LogP contribution is 2.55. The Balaban J connectivity index is 1.77. The predicted octanol–water partition coefficient (Wildman–Crippen LogP) is 1.25. The van der Waals surface area contributed by atoms with Crippen LogP contribution < -0.4 is 15.0 Å². The molecule has 4 rings (SSSR count). The Morgan fingerprint density at radius 2 is 2.23 bits per heavy atom. The van der Waals surface area contributed by atoms with Crippen LogP contribution in [0.1, 0.15) is 31.7 Å². The summed E-state index contributed by atoms with van der Waals surface area (Å²) in [4.78, 5) is 26.8. The molecule has 0 aliphatic carbocycles. The van der Waals surface area contributed by atoms with Crippen molar-refractivity contribution in [3.8, 4) is 5.75 Å². The maximum absolute atomic E-state index is 13.4. The molecule has 26 heavy (non-hydrogen) atoms. The third-order valence-electron chi connectivity index (χ3n) is 6.71. The van der Waals surface area contributed by atoms with E-state index in [1.54, 1.807) is 18.9 Å². The van der Waals surface area contributed by atoms with Crippen molar-refractivity contribution in [3.63, 3.8) is 0 Å². The van der Waals surface area contributed by atoms with E-state index in [4.69, 9.17) is 4.74 Å². The minimum Gasteiger partial charge on any atom is -0.497 e. The lowest BCUT2D eigenvalue weighted by atomic mass is 9.73. The summed E-state index contributed by atoms with van der Waals surface area (Å²) in [6.07, 6.45) is 1.86. The smallest absolute Gasteiger partial charge is 0.239 e. The van der Waals surface area contributed by atoms with Crippen molar-refractivity contribution in [2.45, 2.75) is 43.7 Å². The number of anilines is 1. The van der Waals surface area contributed by atoms with Gasteiger partial charge in [0.25, 0.3) is 0 Å². The molecule has 6 nitrogen and oxygen atoms in total. The zero-order valence-electron chi connectivity index (χ0n) is 15.5. The molecule has 0 aromatic heterocycles. The number of methoxy groups -OCH3 is 1. The largest absolute Gasteiger partial charge is 0.497 e. The molecule has 1 aromatic carbocycles. The molecule has 0 saturated carbocycles. The van der Waals surface area contributed by atoms with Crippen LogP contribution in [0, 0.1) is 11.8 Å². The fourth-order valence-electron chi connectivity index (χ4n) is 5.53. The maximum atomic E-state index is 13.4. The van der Waals surface area contributed by atoms with Gasteiger partial charge in [-0.25, -0.2) is 0 Å². The number of carbonyl (C=O) groups is 2. The van der Waals surface area contributed by atoms with E-state index in [0.29, 0.717) is 12.8 Å². The van der Waals surface area contributed by atoms with E-state index in [2.05, 4.69) is 5.32 Å². The molecule has 3 aliphatic rings. The molecule has 5 unspecified atom stereocenters. The van der Waals surface area contributed by atoms with Crippen LogP contribution in [0.15, 0.2) is 18.2 Å². The van der Waals surface area contributed by atoms with Crippen LogP contribution in [-0.2, 0) is 15.0 Å². The molecule has 2 saturated heterocycles. The maximum Gasteiger partial charge on any atom is 0.239 e. The predicted molar refractivity (Wildman–Crippen MR) is 97.4 cm³/mol. The summed E-state index contributed by atoms with van der Waals surface area (Å²) in [5.41, 5.74) is 1.32. The molecule has 5 atom stereocenters. The van der Waals surface area contributed by atoms with Gasteiger partial charge in [0.1, 0.15) is 11.5 Å². The summed E-state index contributed by atoms with van der Waals surface area (Å²) in [7, 11) is 3.44. The van der Waals surface area contributed by atoms with Crippen molar-refractivity contribution >= 4 is 17.4 Å². The summed E-state index contributed by atoms with van der Waals surface area (Å²) in [6, 6.07) is 5.87. The molecule has 2 bridgehead atoms. The van der Waals surface area contributed by atoms with Gasteiger partial charge in [0.15, 0.2) is 0 Å². The average molecular weight is 358 g/mol. The van der Waals surface area contributed by atoms with Crippen LogP contribution >= 0.6 is 0 Å². The monoisotopic (exact) mass is 358 g/mol. The highest BCUT2D eigenvalue weighted by atomic mass is 16.5. The summed E-state index contributed by atoms with van der Waals surface area (Å²) in [6.45, 7) is 1.64. The summed E-state index contributed by atoms with van der Waals surface area (Å²) in [5, 5.41) is 13.5. The number of benzene rings is 1. The number of nitrogens with one attached hydrogen (secondary N) is 1. The number of hydrogen-bond donors (Lipinski definition) is 2. The number of fused-ring (bicyclic) bond motifs is 5. The van der Waals surface area contributed by atoms with E-state index in [-0.39, 0.29) is 42.2 Å². The quantitative estimate of drug-likeness (QED) is 0.847. The molecular weight excluding hydrogens is 332 g/mol. The highest BCUT2D eigenvalue weighted by Gasteiger charge is 2.63. The molecule has 1 aromatic rings. The van der Waals surface area contributed by atoms with E-state index in [1.807, 2.05) is 25.2 Å². The minimum atomic E-state index is -0.611.